The number of anilines is 1. The number of hydrogen-bond acceptors (Lipinski definition) is 4. The Morgan fingerprint density at radius 2 is 2.54 bits per heavy atom. The summed E-state index contributed by atoms with van der Waals surface area (Å²) in [5, 5.41) is 10.5. The predicted molar refractivity (Wildman–Crippen MR) is 48.9 cm³/mol. The van der Waals surface area contributed by atoms with Gasteiger partial charge in [0, 0.05) is 18.7 Å². The highest BCUT2D eigenvalue weighted by molar-refractivity contribution is 5.74. The number of rotatable bonds is 4. The third-order valence-electron chi connectivity index (χ3n) is 1.47. The Hall–Kier alpha value is -1.65. The summed E-state index contributed by atoms with van der Waals surface area (Å²) >= 11 is 0. The van der Waals surface area contributed by atoms with Crippen molar-refractivity contribution < 1.29 is 4.79 Å². The quantitative estimate of drug-likeness (QED) is 0.691. The lowest BCUT2D eigenvalue weighted by Crippen LogP contribution is -2.24. The summed E-state index contributed by atoms with van der Waals surface area (Å²) < 4.78 is 0. The molecule has 0 spiro atoms. The molecule has 13 heavy (non-hydrogen) atoms. The fourth-order valence-electron chi connectivity index (χ4n) is 0.984. The van der Waals surface area contributed by atoms with Gasteiger partial charge in [-0.3, -0.25) is 4.79 Å². The number of carbonyl (C=O) groups excluding carboxylic acids is 1. The molecule has 70 valence electrons. The molecule has 5 heteroatoms. The first kappa shape index (κ1) is 9.44. The first-order chi connectivity index (χ1) is 6.18. The van der Waals surface area contributed by atoms with Gasteiger partial charge in [-0.15, -0.1) is 5.10 Å². The van der Waals surface area contributed by atoms with E-state index in [1.807, 2.05) is 6.92 Å². The van der Waals surface area contributed by atoms with E-state index in [-0.39, 0.29) is 18.4 Å². The normalized spacial score (nSPS) is 12.1. The van der Waals surface area contributed by atoms with Crippen molar-refractivity contribution in [3.8, 4) is 0 Å². The van der Waals surface area contributed by atoms with Crippen molar-refractivity contribution in [2.75, 3.05) is 5.32 Å². The van der Waals surface area contributed by atoms with Crippen molar-refractivity contribution in [2.45, 2.75) is 19.4 Å². The van der Waals surface area contributed by atoms with Crippen LogP contribution in [0, 0.1) is 0 Å². The highest BCUT2D eigenvalue weighted by Gasteiger charge is 2.05. The molecule has 5 nitrogen and oxygen atoms in total. The van der Waals surface area contributed by atoms with Crippen LogP contribution in [0.15, 0.2) is 18.3 Å². The zero-order valence-electron chi connectivity index (χ0n) is 7.40. The number of amides is 1. The molecule has 0 bridgehead atoms. The van der Waals surface area contributed by atoms with Crippen molar-refractivity contribution in [3.63, 3.8) is 0 Å². The van der Waals surface area contributed by atoms with Gasteiger partial charge in [0.05, 0.1) is 0 Å². The van der Waals surface area contributed by atoms with Crippen molar-refractivity contribution >= 4 is 11.7 Å². The first-order valence-corrected chi connectivity index (χ1v) is 4.01. The van der Waals surface area contributed by atoms with Crippen LogP contribution in [0.2, 0.25) is 0 Å². The van der Waals surface area contributed by atoms with Crippen molar-refractivity contribution in [1.82, 2.24) is 10.2 Å². The molecule has 0 aliphatic heterocycles. The Balaban J connectivity index is 2.45. The molecule has 1 unspecified atom stereocenters. The standard InChI is InChI=1S/C8H12N4O/c1-6(5-7(9)13)11-8-3-2-4-10-12-8/h2-4,6H,5H2,1H3,(H2,9,13)(H,11,12). The minimum absolute atomic E-state index is 0.0193. The van der Waals surface area contributed by atoms with Gasteiger partial charge < -0.3 is 11.1 Å². The van der Waals surface area contributed by atoms with Crippen LogP contribution < -0.4 is 11.1 Å². The highest BCUT2D eigenvalue weighted by atomic mass is 16.1. The van der Waals surface area contributed by atoms with Gasteiger partial charge in [-0.1, -0.05) is 0 Å². The molecule has 0 aromatic carbocycles. The molecular formula is C8H12N4O. The lowest BCUT2D eigenvalue weighted by molar-refractivity contribution is -0.118. The molecule has 1 aromatic heterocycles. The van der Waals surface area contributed by atoms with Gasteiger partial charge in [-0.25, -0.2) is 0 Å². The molecule has 1 amide bonds. The summed E-state index contributed by atoms with van der Waals surface area (Å²) in [4.78, 5) is 10.5. The maximum atomic E-state index is 10.5. The third-order valence-corrected chi connectivity index (χ3v) is 1.47. The molecule has 3 N–H and O–H groups in total. The van der Waals surface area contributed by atoms with Crippen molar-refractivity contribution in [2.24, 2.45) is 5.73 Å². The van der Waals surface area contributed by atoms with Gasteiger partial charge in [0.2, 0.25) is 5.91 Å². The monoisotopic (exact) mass is 180 g/mol. The average Bonchev–Trinajstić information content (AvgIpc) is 2.04. The molecule has 0 fully saturated rings. The predicted octanol–water partition coefficient (Wildman–Crippen LogP) is 0.152. The second-order valence-electron chi connectivity index (χ2n) is 2.82. The van der Waals surface area contributed by atoms with Gasteiger partial charge in [0.25, 0.3) is 0 Å². The summed E-state index contributed by atoms with van der Waals surface area (Å²) in [5.74, 6) is 0.320. The van der Waals surface area contributed by atoms with E-state index in [0.29, 0.717) is 5.82 Å². The molecule has 1 aromatic rings. The number of hydrogen-bond donors (Lipinski definition) is 2. The number of aromatic nitrogens is 2. The number of primary amides is 1. The maximum absolute atomic E-state index is 10.5. The molecule has 0 saturated heterocycles. The summed E-state index contributed by atoms with van der Waals surface area (Å²) in [7, 11) is 0. The van der Waals surface area contributed by atoms with E-state index in [1.54, 1.807) is 18.3 Å². The van der Waals surface area contributed by atoms with Gasteiger partial charge in [-0.2, -0.15) is 5.10 Å². The smallest absolute Gasteiger partial charge is 0.219 e. The number of nitrogens with one attached hydrogen (secondary N) is 1. The lowest BCUT2D eigenvalue weighted by atomic mass is 10.2. The summed E-state index contributed by atoms with van der Waals surface area (Å²) in [6.07, 6.45) is 1.88. The molecule has 0 aliphatic carbocycles. The fraction of sp³-hybridized carbons (Fsp3) is 0.375. The first-order valence-electron chi connectivity index (χ1n) is 4.01. The average molecular weight is 180 g/mol. The van der Waals surface area contributed by atoms with Gasteiger partial charge in [0.15, 0.2) is 0 Å². The molecule has 0 aliphatic rings. The topological polar surface area (TPSA) is 80.9 Å². The van der Waals surface area contributed by atoms with Crippen LogP contribution >= 0.6 is 0 Å². The lowest BCUT2D eigenvalue weighted by Gasteiger charge is -2.11. The van der Waals surface area contributed by atoms with E-state index in [0.717, 1.165) is 0 Å². The highest BCUT2D eigenvalue weighted by Crippen LogP contribution is 2.02. The molecule has 0 radical (unpaired) electrons. The van der Waals surface area contributed by atoms with Crippen LogP contribution in [-0.2, 0) is 4.79 Å². The Morgan fingerprint density at radius 3 is 3.08 bits per heavy atom. The van der Waals surface area contributed by atoms with Crippen molar-refractivity contribution in [3.05, 3.63) is 18.3 Å². The Morgan fingerprint density at radius 1 is 1.77 bits per heavy atom. The SMILES string of the molecule is CC(CC(N)=O)Nc1cccnn1. The van der Waals surface area contributed by atoms with E-state index < -0.39 is 0 Å². The second-order valence-corrected chi connectivity index (χ2v) is 2.82. The van der Waals surface area contributed by atoms with Crippen LogP contribution in [0.5, 0.6) is 0 Å². The summed E-state index contributed by atoms with van der Waals surface area (Å²) in [5.41, 5.74) is 5.03. The third kappa shape index (κ3) is 3.50. The molecule has 0 saturated carbocycles. The minimum Gasteiger partial charge on any atom is -0.370 e. The van der Waals surface area contributed by atoms with E-state index in [2.05, 4.69) is 15.5 Å². The van der Waals surface area contributed by atoms with Crippen LogP contribution in [0.4, 0.5) is 5.82 Å². The number of carbonyl (C=O) groups is 1. The molecule has 1 atom stereocenters. The van der Waals surface area contributed by atoms with Crippen LogP contribution in [0.3, 0.4) is 0 Å². The van der Waals surface area contributed by atoms with Crippen LogP contribution in [-0.4, -0.2) is 22.1 Å². The summed E-state index contributed by atoms with van der Waals surface area (Å²) in [6, 6.07) is 3.53. The van der Waals surface area contributed by atoms with E-state index in [4.69, 9.17) is 5.73 Å². The molecular weight excluding hydrogens is 168 g/mol. The van der Waals surface area contributed by atoms with E-state index in [9.17, 15) is 4.79 Å². The molecule has 1 rings (SSSR count). The van der Waals surface area contributed by atoms with Crippen molar-refractivity contribution in [1.29, 1.82) is 0 Å². The number of nitrogens with two attached hydrogens (primary N) is 1. The largest absolute Gasteiger partial charge is 0.370 e. The maximum Gasteiger partial charge on any atom is 0.219 e. The fourth-order valence-corrected chi connectivity index (χ4v) is 0.984. The van der Waals surface area contributed by atoms with Crippen LogP contribution in [0.1, 0.15) is 13.3 Å². The number of nitrogens with zero attached hydrogens (tertiary/aromatic N) is 2. The van der Waals surface area contributed by atoms with Crippen LogP contribution in [0.25, 0.3) is 0 Å². The van der Waals surface area contributed by atoms with Gasteiger partial charge in [0.1, 0.15) is 5.82 Å². The van der Waals surface area contributed by atoms with E-state index in [1.165, 1.54) is 0 Å². The Labute approximate surface area is 76.4 Å². The van der Waals surface area contributed by atoms with Gasteiger partial charge in [-0.05, 0) is 19.1 Å². The Bertz CT molecular complexity index is 275. The zero-order valence-corrected chi connectivity index (χ0v) is 7.40. The second kappa shape index (κ2) is 4.39. The van der Waals surface area contributed by atoms with Gasteiger partial charge >= 0.3 is 0 Å². The minimum atomic E-state index is -0.330. The Kier molecular flexibility index (Phi) is 3.19. The summed E-state index contributed by atoms with van der Waals surface area (Å²) in [6.45, 7) is 1.86. The molecule has 1 heterocycles. The zero-order chi connectivity index (χ0) is 9.68. The van der Waals surface area contributed by atoms with E-state index >= 15 is 0 Å².